The van der Waals surface area contributed by atoms with Crippen LogP contribution in [0.4, 0.5) is 5.82 Å². The van der Waals surface area contributed by atoms with Gasteiger partial charge in [-0.15, -0.1) is 0 Å². The highest BCUT2D eigenvalue weighted by molar-refractivity contribution is 5.56. The molecule has 0 amide bonds. The monoisotopic (exact) mass is 267 g/mol. The second-order valence-electron chi connectivity index (χ2n) is 4.29. The van der Waals surface area contributed by atoms with Crippen LogP contribution in [0.3, 0.4) is 0 Å². The molecule has 0 spiro atoms. The SMILES string of the molecule is Cn1cncc1-c1cc(Oc2ccc(N)nc2)ccn1. The summed E-state index contributed by atoms with van der Waals surface area (Å²) in [5.74, 6) is 1.77. The lowest BCUT2D eigenvalue weighted by Crippen LogP contribution is -1.93. The van der Waals surface area contributed by atoms with Crippen molar-refractivity contribution in [2.24, 2.45) is 7.05 Å². The quantitative estimate of drug-likeness (QED) is 0.787. The number of nitrogens with two attached hydrogens (primary N) is 1. The van der Waals surface area contributed by atoms with E-state index in [1.807, 2.05) is 17.7 Å². The van der Waals surface area contributed by atoms with E-state index in [-0.39, 0.29) is 0 Å². The Balaban J connectivity index is 1.88. The van der Waals surface area contributed by atoms with E-state index in [9.17, 15) is 0 Å². The number of pyridine rings is 2. The number of anilines is 1. The maximum atomic E-state index is 5.72. The summed E-state index contributed by atoms with van der Waals surface area (Å²) < 4.78 is 7.62. The Hall–Kier alpha value is -2.89. The van der Waals surface area contributed by atoms with Gasteiger partial charge in [0.25, 0.3) is 0 Å². The second-order valence-corrected chi connectivity index (χ2v) is 4.29. The molecule has 3 aromatic heterocycles. The first kappa shape index (κ1) is 12.2. The summed E-state index contributed by atoms with van der Waals surface area (Å²) in [4.78, 5) is 12.4. The van der Waals surface area contributed by atoms with Crippen molar-refractivity contribution >= 4 is 5.82 Å². The molecule has 20 heavy (non-hydrogen) atoms. The van der Waals surface area contributed by atoms with Crippen molar-refractivity contribution in [2.75, 3.05) is 5.73 Å². The molecule has 0 aliphatic rings. The van der Waals surface area contributed by atoms with Gasteiger partial charge in [-0.05, 0) is 18.2 Å². The number of nitrogen functional groups attached to an aromatic ring is 1. The molecule has 0 aromatic carbocycles. The van der Waals surface area contributed by atoms with Crippen molar-refractivity contribution in [2.45, 2.75) is 0 Å². The van der Waals surface area contributed by atoms with E-state index in [0.717, 1.165) is 11.4 Å². The number of nitrogens with zero attached hydrogens (tertiary/aromatic N) is 4. The summed E-state index contributed by atoms with van der Waals surface area (Å²) in [6.07, 6.45) is 6.77. The van der Waals surface area contributed by atoms with Crippen LogP contribution in [0, 0.1) is 0 Å². The van der Waals surface area contributed by atoms with Crippen molar-refractivity contribution < 1.29 is 4.74 Å². The van der Waals surface area contributed by atoms with Crippen molar-refractivity contribution in [1.29, 1.82) is 0 Å². The van der Waals surface area contributed by atoms with Crippen molar-refractivity contribution in [3.8, 4) is 22.9 Å². The maximum Gasteiger partial charge on any atom is 0.145 e. The molecular weight excluding hydrogens is 254 g/mol. The normalized spacial score (nSPS) is 10.4. The van der Waals surface area contributed by atoms with Crippen molar-refractivity contribution in [3.63, 3.8) is 0 Å². The van der Waals surface area contributed by atoms with Gasteiger partial charge in [-0.3, -0.25) is 4.98 Å². The van der Waals surface area contributed by atoms with Gasteiger partial charge in [-0.2, -0.15) is 0 Å². The lowest BCUT2D eigenvalue weighted by atomic mass is 10.3. The van der Waals surface area contributed by atoms with Gasteiger partial charge < -0.3 is 15.0 Å². The summed E-state index contributed by atoms with van der Waals surface area (Å²) in [5.41, 5.74) is 7.26. The predicted molar refractivity (Wildman–Crippen MR) is 75.2 cm³/mol. The van der Waals surface area contributed by atoms with Crippen LogP contribution in [0.15, 0.2) is 49.2 Å². The average Bonchev–Trinajstić information content (AvgIpc) is 2.88. The van der Waals surface area contributed by atoms with Crippen LogP contribution in [0.2, 0.25) is 0 Å². The Morgan fingerprint density at radius 1 is 1.10 bits per heavy atom. The number of hydrogen-bond acceptors (Lipinski definition) is 5. The topological polar surface area (TPSA) is 78.9 Å². The van der Waals surface area contributed by atoms with E-state index >= 15 is 0 Å². The third kappa shape index (κ3) is 2.44. The molecule has 6 heteroatoms. The zero-order valence-electron chi connectivity index (χ0n) is 10.9. The summed E-state index contributed by atoms with van der Waals surface area (Å²) in [7, 11) is 1.92. The molecule has 0 saturated heterocycles. The van der Waals surface area contributed by atoms with Crippen molar-refractivity contribution in [1.82, 2.24) is 19.5 Å². The Morgan fingerprint density at radius 2 is 2.00 bits per heavy atom. The molecule has 0 bridgehead atoms. The van der Waals surface area contributed by atoms with Gasteiger partial charge in [0.2, 0.25) is 0 Å². The number of aromatic nitrogens is 4. The lowest BCUT2D eigenvalue weighted by molar-refractivity contribution is 0.480. The van der Waals surface area contributed by atoms with Crippen LogP contribution < -0.4 is 10.5 Å². The fourth-order valence-electron chi connectivity index (χ4n) is 1.81. The minimum atomic E-state index is 0.461. The number of imidazole rings is 1. The molecule has 2 N–H and O–H groups in total. The lowest BCUT2D eigenvalue weighted by Gasteiger charge is -2.07. The third-order valence-corrected chi connectivity index (χ3v) is 2.81. The largest absolute Gasteiger partial charge is 0.456 e. The summed E-state index contributed by atoms with van der Waals surface area (Å²) in [6.45, 7) is 0. The minimum Gasteiger partial charge on any atom is -0.456 e. The fraction of sp³-hybridized carbons (Fsp3) is 0.0714. The van der Waals surface area contributed by atoms with E-state index < -0.39 is 0 Å². The van der Waals surface area contributed by atoms with Gasteiger partial charge in [-0.1, -0.05) is 0 Å². The van der Waals surface area contributed by atoms with Gasteiger partial charge in [0.05, 0.1) is 30.1 Å². The van der Waals surface area contributed by atoms with Crippen LogP contribution in [0.5, 0.6) is 11.5 Å². The molecule has 0 aliphatic carbocycles. The molecule has 0 unspecified atom stereocenters. The van der Waals surface area contributed by atoms with Gasteiger partial charge in [0.15, 0.2) is 0 Å². The molecule has 3 aromatic rings. The fourth-order valence-corrected chi connectivity index (χ4v) is 1.81. The number of rotatable bonds is 3. The molecule has 0 fully saturated rings. The van der Waals surface area contributed by atoms with Gasteiger partial charge in [0.1, 0.15) is 17.3 Å². The number of aryl methyl sites for hydroxylation is 1. The smallest absolute Gasteiger partial charge is 0.145 e. The van der Waals surface area contributed by atoms with Crippen LogP contribution in [0.25, 0.3) is 11.4 Å². The van der Waals surface area contributed by atoms with Crippen LogP contribution >= 0.6 is 0 Å². The average molecular weight is 267 g/mol. The Kier molecular flexibility index (Phi) is 3.04. The molecule has 0 aliphatic heterocycles. The van der Waals surface area contributed by atoms with Gasteiger partial charge in [0, 0.05) is 19.3 Å². The maximum absolute atomic E-state index is 5.72. The first-order chi connectivity index (χ1) is 9.72. The van der Waals surface area contributed by atoms with E-state index in [4.69, 9.17) is 10.5 Å². The van der Waals surface area contributed by atoms with E-state index in [0.29, 0.717) is 17.3 Å². The molecule has 3 heterocycles. The first-order valence-corrected chi connectivity index (χ1v) is 6.04. The number of hydrogen-bond donors (Lipinski definition) is 1. The van der Waals surface area contributed by atoms with Crippen molar-refractivity contribution in [3.05, 3.63) is 49.2 Å². The molecule has 6 nitrogen and oxygen atoms in total. The van der Waals surface area contributed by atoms with E-state index in [1.165, 1.54) is 0 Å². The minimum absolute atomic E-state index is 0.461. The van der Waals surface area contributed by atoms with Gasteiger partial charge in [-0.25, -0.2) is 9.97 Å². The highest BCUT2D eigenvalue weighted by Crippen LogP contribution is 2.25. The van der Waals surface area contributed by atoms with Gasteiger partial charge >= 0.3 is 0 Å². The molecule has 0 saturated carbocycles. The Bertz CT molecular complexity index is 720. The zero-order valence-corrected chi connectivity index (χ0v) is 10.9. The summed E-state index contributed by atoms with van der Waals surface area (Å²) >= 11 is 0. The zero-order chi connectivity index (χ0) is 13.9. The predicted octanol–water partition coefficient (Wildman–Crippen LogP) is 2.25. The van der Waals surface area contributed by atoms with E-state index in [1.54, 1.807) is 43.1 Å². The molecule has 100 valence electrons. The highest BCUT2D eigenvalue weighted by Gasteiger charge is 2.06. The number of ether oxygens (including phenoxy) is 1. The molecule has 3 rings (SSSR count). The standard InChI is InChI=1S/C14H13N5O/c1-19-9-16-8-13(19)12-6-10(4-5-17-12)20-11-2-3-14(15)18-7-11/h2-9H,1H3,(H2,15,18). The molecular formula is C14H13N5O. The first-order valence-electron chi connectivity index (χ1n) is 6.04. The van der Waals surface area contributed by atoms with Crippen LogP contribution in [-0.4, -0.2) is 19.5 Å². The van der Waals surface area contributed by atoms with Crippen LogP contribution in [0.1, 0.15) is 0 Å². The summed E-state index contributed by atoms with van der Waals surface area (Å²) in [5, 5.41) is 0. The van der Waals surface area contributed by atoms with E-state index in [2.05, 4.69) is 15.0 Å². The summed E-state index contributed by atoms with van der Waals surface area (Å²) in [6, 6.07) is 7.11. The second kappa shape index (κ2) is 5.00. The van der Waals surface area contributed by atoms with Crippen LogP contribution in [-0.2, 0) is 7.05 Å². The Labute approximate surface area is 115 Å². The third-order valence-electron chi connectivity index (χ3n) is 2.81. The Morgan fingerprint density at radius 3 is 2.70 bits per heavy atom. The molecule has 0 radical (unpaired) electrons. The molecule has 0 atom stereocenters. The highest BCUT2D eigenvalue weighted by atomic mass is 16.5.